The molecular formula is C22H25NO. The predicted octanol–water partition coefficient (Wildman–Crippen LogP) is 4.32. The summed E-state index contributed by atoms with van der Waals surface area (Å²) < 4.78 is 6.79. The minimum atomic E-state index is 0.110. The highest BCUT2D eigenvalue weighted by Gasteiger charge is 2.40. The zero-order chi connectivity index (χ0) is 16.1. The third-order valence-corrected chi connectivity index (χ3v) is 6.44. The molecule has 3 aliphatic rings. The normalized spacial score (nSPS) is 29.3. The molecule has 2 heterocycles. The van der Waals surface area contributed by atoms with Crippen LogP contribution in [0.3, 0.4) is 0 Å². The van der Waals surface area contributed by atoms with Gasteiger partial charge in [-0.3, -0.25) is 0 Å². The van der Waals surface area contributed by atoms with E-state index in [9.17, 15) is 0 Å². The Morgan fingerprint density at radius 3 is 1.96 bits per heavy atom. The van der Waals surface area contributed by atoms with Crippen molar-refractivity contribution >= 4 is 0 Å². The highest BCUT2D eigenvalue weighted by atomic mass is 16.5. The van der Waals surface area contributed by atoms with Gasteiger partial charge < -0.3 is 9.64 Å². The lowest BCUT2D eigenvalue weighted by Gasteiger charge is -2.39. The molecule has 0 spiro atoms. The monoisotopic (exact) mass is 319 g/mol. The number of nitrogens with zero attached hydrogens (tertiary/aromatic N) is 1. The molecular weight excluding hydrogens is 294 g/mol. The summed E-state index contributed by atoms with van der Waals surface area (Å²) in [5.41, 5.74) is 5.61. The SMILES string of the molecule is CN1[C@@H]2CC[C@H]1CC(OC1c3ccccc3Cc3ccccc31)C2. The third kappa shape index (κ3) is 2.32. The Morgan fingerprint density at radius 1 is 0.833 bits per heavy atom. The summed E-state index contributed by atoms with van der Waals surface area (Å²) in [7, 11) is 2.30. The minimum Gasteiger partial charge on any atom is -0.365 e. The molecule has 5 rings (SSSR count). The maximum Gasteiger partial charge on any atom is 0.108 e. The van der Waals surface area contributed by atoms with Gasteiger partial charge in [-0.05, 0) is 61.4 Å². The molecule has 2 fully saturated rings. The molecule has 124 valence electrons. The van der Waals surface area contributed by atoms with Crippen molar-refractivity contribution < 1.29 is 4.74 Å². The van der Waals surface area contributed by atoms with Crippen LogP contribution in [0.1, 0.15) is 54.0 Å². The van der Waals surface area contributed by atoms with Crippen molar-refractivity contribution in [2.75, 3.05) is 7.05 Å². The van der Waals surface area contributed by atoms with Gasteiger partial charge in [0, 0.05) is 12.1 Å². The first-order chi connectivity index (χ1) is 11.8. The molecule has 24 heavy (non-hydrogen) atoms. The minimum absolute atomic E-state index is 0.110. The van der Waals surface area contributed by atoms with E-state index in [1.807, 2.05) is 0 Å². The van der Waals surface area contributed by atoms with Gasteiger partial charge in [-0.2, -0.15) is 0 Å². The van der Waals surface area contributed by atoms with Crippen molar-refractivity contribution in [2.45, 2.75) is 56.4 Å². The van der Waals surface area contributed by atoms with Crippen LogP contribution in [-0.2, 0) is 11.2 Å². The van der Waals surface area contributed by atoms with Crippen LogP contribution >= 0.6 is 0 Å². The summed E-state index contributed by atoms with van der Waals surface area (Å²) >= 11 is 0. The predicted molar refractivity (Wildman–Crippen MR) is 96.2 cm³/mol. The summed E-state index contributed by atoms with van der Waals surface area (Å²) in [4.78, 5) is 2.59. The Labute approximate surface area is 144 Å². The molecule has 1 aliphatic carbocycles. The van der Waals surface area contributed by atoms with Crippen LogP contribution in [0, 0.1) is 0 Å². The van der Waals surface area contributed by atoms with Crippen LogP contribution in [0.25, 0.3) is 0 Å². The Balaban J connectivity index is 1.47. The average Bonchev–Trinajstić information content (AvgIpc) is 2.83. The topological polar surface area (TPSA) is 12.5 Å². The van der Waals surface area contributed by atoms with Crippen LogP contribution < -0.4 is 0 Å². The Kier molecular flexibility index (Phi) is 3.50. The van der Waals surface area contributed by atoms with E-state index in [4.69, 9.17) is 4.74 Å². The number of rotatable bonds is 2. The zero-order valence-electron chi connectivity index (χ0n) is 14.3. The third-order valence-electron chi connectivity index (χ3n) is 6.44. The Bertz CT molecular complexity index is 696. The number of piperidine rings is 1. The summed E-state index contributed by atoms with van der Waals surface area (Å²) in [5, 5.41) is 0. The van der Waals surface area contributed by atoms with Gasteiger partial charge in [0.25, 0.3) is 0 Å². The fraction of sp³-hybridized carbons (Fsp3) is 0.455. The van der Waals surface area contributed by atoms with E-state index in [2.05, 4.69) is 60.5 Å². The molecule has 0 aromatic heterocycles. The second-order valence-electron chi connectivity index (χ2n) is 7.73. The van der Waals surface area contributed by atoms with Gasteiger partial charge in [-0.25, -0.2) is 0 Å². The van der Waals surface area contributed by atoms with Crippen molar-refractivity contribution in [1.82, 2.24) is 4.90 Å². The fourth-order valence-corrected chi connectivity index (χ4v) is 5.09. The quantitative estimate of drug-likeness (QED) is 0.817. The molecule has 2 bridgehead atoms. The lowest BCUT2D eigenvalue weighted by molar-refractivity contribution is -0.0437. The van der Waals surface area contributed by atoms with Gasteiger partial charge in [-0.1, -0.05) is 48.5 Å². The molecule has 2 heteroatoms. The molecule has 0 N–H and O–H groups in total. The molecule has 0 amide bonds. The molecule has 2 saturated heterocycles. The van der Waals surface area contributed by atoms with Gasteiger partial charge in [0.15, 0.2) is 0 Å². The van der Waals surface area contributed by atoms with E-state index >= 15 is 0 Å². The summed E-state index contributed by atoms with van der Waals surface area (Å²) in [6.07, 6.45) is 6.60. The molecule has 1 unspecified atom stereocenters. The molecule has 0 saturated carbocycles. The van der Waals surface area contributed by atoms with E-state index < -0.39 is 0 Å². The van der Waals surface area contributed by atoms with Gasteiger partial charge in [0.2, 0.25) is 0 Å². The van der Waals surface area contributed by atoms with E-state index in [1.54, 1.807) is 0 Å². The fourth-order valence-electron chi connectivity index (χ4n) is 5.09. The zero-order valence-corrected chi connectivity index (χ0v) is 14.3. The van der Waals surface area contributed by atoms with Crippen molar-refractivity contribution in [3.8, 4) is 0 Å². The van der Waals surface area contributed by atoms with Gasteiger partial charge in [0.1, 0.15) is 6.10 Å². The van der Waals surface area contributed by atoms with Crippen LogP contribution in [0.4, 0.5) is 0 Å². The first-order valence-corrected chi connectivity index (χ1v) is 9.32. The Hall–Kier alpha value is -1.64. The number of fused-ring (bicyclic) bond motifs is 4. The van der Waals surface area contributed by atoms with Crippen molar-refractivity contribution in [3.63, 3.8) is 0 Å². The smallest absolute Gasteiger partial charge is 0.108 e. The summed E-state index contributed by atoms with van der Waals surface area (Å²) in [6, 6.07) is 19.1. The number of benzene rings is 2. The van der Waals surface area contributed by atoms with Crippen LogP contribution in [0.15, 0.2) is 48.5 Å². The summed E-state index contributed by atoms with van der Waals surface area (Å²) in [5.74, 6) is 0. The molecule has 3 atom stereocenters. The lowest BCUT2D eigenvalue weighted by atomic mass is 9.83. The van der Waals surface area contributed by atoms with E-state index in [1.165, 1.54) is 47.9 Å². The standard InChI is InChI=1S/C22H25NO/c1-23-17-10-11-18(23)14-19(13-17)24-22-20-8-4-2-6-15(20)12-16-7-3-5-9-21(16)22/h2-9,17-19,22H,10-14H2,1H3/t17-,18+,19?. The largest absolute Gasteiger partial charge is 0.365 e. The van der Waals surface area contributed by atoms with Crippen LogP contribution in [0.2, 0.25) is 0 Å². The average molecular weight is 319 g/mol. The molecule has 2 aliphatic heterocycles. The molecule has 2 aromatic rings. The van der Waals surface area contributed by atoms with Crippen LogP contribution in [-0.4, -0.2) is 30.1 Å². The summed E-state index contributed by atoms with van der Waals surface area (Å²) in [6.45, 7) is 0. The first kappa shape index (κ1) is 14.7. The van der Waals surface area contributed by atoms with E-state index in [-0.39, 0.29) is 6.10 Å². The van der Waals surface area contributed by atoms with Crippen molar-refractivity contribution in [3.05, 3.63) is 70.8 Å². The van der Waals surface area contributed by atoms with Gasteiger partial charge >= 0.3 is 0 Å². The van der Waals surface area contributed by atoms with Crippen molar-refractivity contribution in [2.24, 2.45) is 0 Å². The molecule has 2 aromatic carbocycles. The number of ether oxygens (including phenoxy) is 1. The number of hydrogen-bond donors (Lipinski definition) is 0. The molecule has 0 radical (unpaired) electrons. The molecule has 2 nitrogen and oxygen atoms in total. The van der Waals surface area contributed by atoms with Crippen LogP contribution in [0.5, 0.6) is 0 Å². The van der Waals surface area contributed by atoms with Gasteiger partial charge in [-0.15, -0.1) is 0 Å². The van der Waals surface area contributed by atoms with Crippen molar-refractivity contribution in [1.29, 1.82) is 0 Å². The highest BCUT2D eigenvalue weighted by molar-refractivity contribution is 5.47. The second-order valence-corrected chi connectivity index (χ2v) is 7.73. The van der Waals surface area contributed by atoms with E-state index in [0.29, 0.717) is 6.10 Å². The Morgan fingerprint density at radius 2 is 1.38 bits per heavy atom. The lowest BCUT2D eigenvalue weighted by Crippen LogP contribution is -2.43. The van der Waals surface area contributed by atoms with E-state index in [0.717, 1.165) is 18.5 Å². The highest BCUT2D eigenvalue weighted by Crippen LogP contribution is 2.42. The second kappa shape index (κ2) is 5.72. The first-order valence-electron chi connectivity index (χ1n) is 9.32. The maximum absolute atomic E-state index is 6.79. The maximum atomic E-state index is 6.79. The van der Waals surface area contributed by atoms with Gasteiger partial charge in [0.05, 0.1) is 6.10 Å². The number of hydrogen-bond acceptors (Lipinski definition) is 2.